The van der Waals surface area contributed by atoms with E-state index in [9.17, 15) is 0 Å². The fourth-order valence-corrected chi connectivity index (χ4v) is 2.22. The van der Waals surface area contributed by atoms with Gasteiger partial charge >= 0.3 is 0 Å². The summed E-state index contributed by atoms with van der Waals surface area (Å²) in [6.45, 7) is 2.09. The van der Waals surface area contributed by atoms with Crippen LogP contribution in [0.4, 0.5) is 0 Å². The van der Waals surface area contributed by atoms with Gasteiger partial charge in [-0.2, -0.15) is 0 Å². The van der Waals surface area contributed by atoms with E-state index in [1.807, 2.05) is 12.4 Å². The minimum absolute atomic E-state index is 0.354. The van der Waals surface area contributed by atoms with E-state index in [-0.39, 0.29) is 0 Å². The van der Waals surface area contributed by atoms with Crippen molar-refractivity contribution in [3.8, 4) is 0 Å². The molecule has 0 bridgehead atoms. The summed E-state index contributed by atoms with van der Waals surface area (Å²) in [6, 6.07) is 4.18. The zero-order chi connectivity index (χ0) is 10.5. The molecule has 1 aliphatic heterocycles. The zero-order valence-corrected chi connectivity index (χ0v) is 9.15. The Bertz CT molecular complexity index is 289. The fraction of sp³-hybridized carbons (Fsp3) is 0.583. The Morgan fingerprint density at radius 3 is 3.00 bits per heavy atom. The van der Waals surface area contributed by atoms with Crippen LogP contribution < -0.4 is 5.32 Å². The summed E-state index contributed by atoms with van der Waals surface area (Å²) in [6.07, 6.45) is 6.37. The lowest BCUT2D eigenvalue weighted by molar-refractivity contribution is 0.0341. The number of nitrogens with zero attached hydrogens (tertiary/aromatic N) is 1. The van der Waals surface area contributed by atoms with Gasteiger partial charge in [0.15, 0.2) is 0 Å². The first-order valence-electron chi connectivity index (χ1n) is 5.52. The summed E-state index contributed by atoms with van der Waals surface area (Å²) in [5.41, 5.74) is 1.36. The number of hydrogen-bond donors (Lipinski definition) is 1. The molecule has 2 atom stereocenters. The number of pyridine rings is 1. The van der Waals surface area contributed by atoms with Gasteiger partial charge < -0.3 is 10.1 Å². The molecule has 3 nitrogen and oxygen atoms in total. The molecule has 15 heavy (non-hydrogen) atoms. The molecule has 0 aliphatic carbocycles. The molecule has 1 aromatic heterocycles. The van der Waals surface area contributed by atoms with Gasteiger partial charge in [0.1, 0.15) is 0 Å². The van der Waals surface area contributed by atoms with Crippen LogP contribution >= 0.6 is 0 Å². The number of rotatable bonds is 3. The molecule has 0 aromatic carbocycles. The van der Waals surface area contributed by atoms with Crippen molar-refractivity contribution in [1.29, 1.82) is 0 Å². The summed E-state index contributed by atoms with van der Waals surface area (Å²) in [5.74, 6) is 0.638. The van der Waals surface area contributed by atoms with E-state index in [1.54, 1.807) is 7.11 Å². The van der Waals surface area contributed by atoms with Crippen LogP contribution in [0.5, 0.6) is 0 Å². The summed E-state index contributed by atoms with van der Waals surface area (Å²) in [5, 5.41) is 3.36. The highest BCUT2D eigenvalue weighted by Crippen LogP contribution is 2.20. The lowest BCUT2D eigenvalue weighted by Crippen LogP contribution is -2.42. The maximum atomic E-state index is 5.50. The lowest BCUT2D eigenvalue weighted by Gasteiger charge is -2.31. The first-order valence-corrected chi connectivity index (χ1v) is 5.52. The summed E-state index contributed by atoms with van der Waals surface area (Å²) in [4.78, 5) is 4.03. The average Bonchev–Trinajstić information content (AvgIpc) is 2.31. The standard InChI is InChI=1S/C12H18N2O/c1-15-12-9-14-7-4-11(12)8-10-2-5-13-6-3-10/h2-3,5-6,11-12,14H,4,7-9H2,1H3/t11-,12-/m1/s1. The monoisotopic (exact) mass is 206 g/mol. The highest BCUT2D eigenvalue weighted by molar-refractivity contribution is 5.11. The molecule has 0 saturated carbocycles. The van der Waals surface area contributed by atoms with Crippen LogP contribution in [0, 0.1) is 5.92 Å². The Labute approximate surface area is 90.9 Å². The third-order valence-electron chi connectivity index (χ3n) is 3.11. The third-order valence-corrected chi connectivity index (χ3v) is 3.11. The molecule has 2 rings (SSSR count). The van der Waals surface area contributed by atoms with Gasteiger partial charge in [0, 0.05) is 26.0 Å². The largest absolute Gasteiger partial charge is 0.380 e. The SMILES string of the molecule is CO[C@@H]1CNCC[C@@H]1Cc1ccncc1. The molecule has 0 unspecified atom stereocenters. The zero-order valence-electron chi connectivity index (χ0n) is 9.15. The van der Waals surface area contributed by atoms with Crippen LogP contribution in [0.2, 0.25) is 0 Å². The third kappa shape index (κ3) is 2.76. The van der Waals surface area contributed by atoms with Gasteiger partial charge in [0.05, 0.1) is 6.10 Å². The van der Waals surface area contributed by atoms with Gasteiger partial charge in [0.2, 0.25) is 0 Å². The van der Waals surface area contributed by atoms with E-state index in [2.05, 4.69) is 22.4 Å². The molecule has 0 radical (unpaired) electrons. The van der Waals surface area contributed by atoms with Crippen molar-refractivity contribution in [2.24, 2.45) is 5.92 Å². The van der Waals surface area contributed by atoms with Gasteiger partial charge in [-0.3, -0.25) is 4.98 Å². The Kier molecular flexibility index (Phi) is 3.69. The van der Waals surface area contributed by atoms with E-state index in [1.165, 1.54) is 12.0 Å². The Balaban J connectivity index is 1.97. The molecule has 1 aromatic rings. The van der Waals surface area contributed by atoms with Gasteiger partial charge in [-0.1, -0.05) is 0 Å². The highest BCUT2D eigenvalue weighted by Gasteiger charge is 2.24. The van der Waals surface area contributed by atoms with Gasteiger partial charge in [0.25, 0.3) is 0 Å². The predicted octanol–water partition coefficient (Wildman–Crippen LogP) is 1.25. The van der Waals surface area contributed by atoms with Crippen molar-refractivity contribution >= 4 is 0 Å². The van der Waals surface area contributed by atoms with E-state index in [0.29, 0.717) is 12.0 Å². The fourth-order valence-electron chi connectivity index (χ4n) is 2.22. The quantitative estimate of drug-likeness (QED) is 0.808. The predicted molar refractivity (Wildman–Crippen MR) is 59.7 cm³/mol. The van der Waals surface area contributed by atoms with E-state index in [4.69, 9.17) is 4.74 Å². The van der Waals surface area contributed by atoms with Crippen LogP contribution in [0.25, 0.3) is 0 Å². The summed E-state index contributed by atoms with van der Waals surface area (Å²) >= 11 is 0. The van der Waals surface area contributed by atoms with Crippen LogP contribution in [0.1, 0.15) is 12.0 Å². The van der Waals surface area contributed by atoms with Gasteiger partial charge in [-0.25, -0.2) is 0 Å². The maximum Gasteiger partial charge on any atom is 0.0727 e. The first-order chi connectivity index (χ1) is 7.40. The molecule has 1 saturated heterocycles. The van der Waals surface area contributed by atoms with Crippen molar-refractivity contribution in [2.45, 2.75) is 18.9 Å². The molecular weight excluding hydrogens is 188 g/mol. The van der Waals surface area contributed by atoms with E-state index in [0.717, 1.165) is 19.5 Å². The minimum Gasteiger partial charge on any atom is -0.380 e. The number of ether oxygens (including phenoxy) is 1. The maximum absolute atomic E-state index is 5.50. The topological polar surface area (TPSA) is 34.1 Å². The summed E-state index contributed by atoms with van der Waals surface area (Å²) in [7, 11) is 1.80. The van der Waals surface area contributed by atoms with Crippen molar-refractivity contribution in [3.05, 3.63) is 30.1 Å². The van der Waals surface area contributed by atoms with Crippen molar-refractivity contribution in [2.75, 3.05) is 20.2 Å². The normalized spacial score (nSPS) is 26.5. The van der Waals surface area contributed by atoms with Crippen molar-refractivity contribution < 1.29 is 4.74 Å². The highest BCUT2D eigenvalue weighted by atomic mass is 16.5. The lowest BCUT2D eigenvalue weighted by atomic mass is 9.89. The number of nitrogens with one attached hydrogen (secondary N) is 1. The molecular formula is C12H18N2O. The Morgan fingerprint density at radius 1 is 1.47 bits per heavy atom. The molecule has 1 N–H and O–H groups in total. The number of methoxy groups -OCH3 is 1. The van der Waals surface area contributed by atoms with Gasteiger partial charge in [-0.15, -0.1) is 0 Å². The molecule has 1 fully saturated rings. The Morgan fingerprint density at radius 2 is 2.27 bits per heavy atom. The number of hydrogen-bond acceptors (Lipinski definition) is 3. The molecule has 82 valence electrons. The summed E-state index contributed by atoms with van der Waals surface area (Å²) < 4.78 is 5.50. The second kappa shape index (κ2) is 5.24. The second-order valence-electron chi connectivity index (χ2n) is 4.09. The Hall–Kier alpha value is -0.930. The molecule has 2 heterocycles. The molecule has 0 amide bonds. The molecule has 1 aliphatic rings. The van der Waals surface area contributed by atoms with Crippen molar-refractivity contribution in [1.82, 2.24) is 10.3 Å². The van der Waals surface area contributed by atoms with E-state index < -0.39 is 0 Å². The van der Waals surface area contributed by atoms with Crippen LogP contribution in [-0.2, 0) is 11.2 Å². The number of aromatic nitrogens is 1. The van der Waals surface area contributed by atoms with E-state index >= 15 is 0 Å². The van der Waals surface area contributed by atoms with Crippen LogP contribution in [0.15, 0.2) is 24.5 Å². The van der Waals surface area contributed by atoms with Crippen molar-refractivity contribution in [3.63, 3.8) is 0 Å². The first kappa shape index (κ1) is 10.6. The molecule has 3 heteroatoms. The average molecular weight is 206 g/mol. The van der Waals surface area contributed by atoms with Gasteiger partial charge in [-0.05, 0) is 43.0 Å². The molecule has 0 spiro atoms. The number of piperidine rings is 1. The minimum atomic E-state index is 0.354. The smallest absolute Gasteiger partial charge is 0.0727 e. The van der Waals surface area contributed by atoms with Crippen LogP contribution in [-0.4, -0.2) is 31.3 Å². The second-order valence-corrected chi connectivity index (χ2v) is 4.09. The van der Waals surface area contributed by atoms with Crippen LogP contribution in [0.3, 0.4) is 0 Å².